The van der Waals surface area contributed by atoms with Gasteiger partial charge in [-0.25, -0.2) is 9.97 Å². The zero-order valence-electron chi connectivity index (χ0n) is 8.56. The summed E-state index contributed by atoms with van der Waals surface area (Å²) < 4.78 is 0.915. The summed E-state index contributed by atoms with van der Waals surface area (Å²) in [5.41, 5.74) is 5.69. The smallest absolute Gasteiger partial charge is 0.225 e. The average molecular weight is 271 g/mol. The highest BCUT2D eigenvalue weighted by Gasteiger charge is 2.20. The van der Waals surface area contributed by atoms with Gasteiger partial charge in [-0.1, -0.05) is 0 Å². The van der Waals surface area contributed by atoms with Gasteiger partial charge in [0, 0.05) is 25.5 Å². The van der Waals surface area contributed by atoms with E-state index >= 15 is 0 Å². The van der Waals surface area contributed by atoms with E-state index in [9.17, 15) is 0 Å². The van der Waals surface area contributed by atoms with Crippen LogP contribution in [0.3, 0.4) is 0 Å². The van der Waals surface area contributed by atoms with Gasteiger partial charge in [-0.3, -0.25) is 0 Å². The van der Waals surface area contributed by atoms with Crippen LogP contribution in [0.2, 0.25) is 0 Å². The molecule has 1 saturated heterocycles. The maximum absolute atomic E-state index is 5.69. The fourth-order valence-electron chi connectivity index (χ4n) is 1.91. The lowest BCUT2D eigenvalue weighted by molar-refractivity contribution is 0.419. The first-order valence-electron chi connectivity index (χ1n) is 5.22. The summed E-state index contributed by atoms with van der Waals surface area (Å²) in [6.07, 6.45) is 5.98. The maximum atomic E-state index is 5.69. The summed E-state index contributed by atoms with van der Waals surface area (Å²) in [5.74, 6) is 1.40. The standard InChI is InChI=1S/C10H15BrN4/c11-9-5-13-10(14-6-9)15-3-1-2-8(4-12)7-15/h5-6,8H,1-4,7,12H2. The van der Waals surface area contributed by atoms with Crippen molar-refractivity contribution in [1.29, 1.82) is 0 Å². The summed E-state index contributed by atoms with van der Waals surface area (Å²) in [6.45, 7) is 2.78. The molecule has 15 heavy (non-hydrogen) atoms. The van der Waals surface area contributed by atoms with E-state index in [1.807, 2.05) is 0 Å². The van der Waals surface area contributed by atoms with Crippen molar-refractivity contribution in [2.75, 3.05) is 24.5 Å². The summed E-state index contributed by atoms with van der Waals surface area (Å²) in [6, 6.07) is 0. The molecule has 1 fully saturated rings. The Bertz CT molecular complexity index is 314. The number of nitrogens with zero attached hydrogens (tertiary/aromatic N) is 3. The third-order valence-electron chi connectivity index (χ3n) is 2.74. The highest BCUT2D eigenvalue weighted by Crippen LogP contribution is 2.19. The minimum Gasteiger partial charge on any atom is -0.341 e. The van der Waals surface area contributed by atoms with Crippen LogP contribution in [0.15, 0.2) is 16.9 Å². The molecule has 0 saturated carbocycles. The molecule has 2 N–H and O–H groups in total. The Balaban J connectivity index is 2.06. The van der Waals surface area contributed by atoms with E-state index in [-0.39, 0.29) is 0 Å². The largest absolute Gasteiger partial charge is 0.341 e. The molecule has 1 aromatic heterocycles. The molecule has 1 aliphatic rings. The van der Waals surface area contributed by atoms with Crippen molar-refractivity contribution in [3.8, 4) is 0 Å². The van der Waals surface area contributed by atoms with Crippen LogP contribution in [0.1, 0.15) is 12.8 Å². The van der Waals surface area contributed by atoms with Gasteiger partial charge >= 0.3 is 0 Å². The molecule has 5 heteroatoms. The van der Waals surface area contributed by atoms with E-state index in [0.29, 0.717) is 5.92 Å². The summed E-state index contributed by atoms with van der Waals surface area (Å²) >= 11 is 3.33. The van der Waals surface area contributed by atoms with E-state index < -0.39 is 0 Å². The normalized spacial score (nSPS) is 21.7. The minimum absolute atomic E-state index is 0.589. The van der Waals surface area contributed by atoms with Crippen LogP contribution in [0, 0.1) is 5.92 Å². The lowest BCUT2D eigenvalue weighted by atomic mass is 9.99. The molecular weight excluding hydrogens is 256 g/mol. The van der Waals surface area contributed by atoms with E-state index in [0.717, 1.165) is 30.1 Å². The van der Waals surface area contributed by atoms with Crippen LogP contribution in [0.5, 0.6) is 0 Å². The summed E-state index contributed by atoms with van der Waals surface area (Å²) in [7, 11) is 0. The van der Waals surface area contributed by atoms with Crippen molar-refractivity contribution in [1.82, 2.24) is 9.97 Å². The molecular formula is C10H15BrN4. The van der Waals surface area contributed by atoms with Crippen molar-refractivity contribution in [3.63, 3.8) is 0 Å². The fourth-order valence-corrected chi connectivity index (χ4v) is 2.11. The highest BCUT2D eigenvalue weighted by molar-refractivity contribution is 9.10. The predicted octanol–water partition coefficient (Wildman–Crippen LogP) is 1.41. The van der Waals surface area contributed by atoms with Crippen LogP contribution in [0.25, 0.3) is 0 Å². The van der Waals surface area contributed by atoms with E-state index in [4.69, 9.17) is 5.73 Å². The molecule has 0 amide bonds. The number of hydrogen-bond donors (Lipinski definition) is 1. The second kappa shape index (κ2) is 4.90. The molecule has 4 nitrogen and oxygen atoms in total. The van der Waals surface area contributed by atoms with Crippen molar-refractivity contribution in [3.05, 3.63) is 16.9 Å². The second-order valence-corrected chi connectivity index (χ2v) is 4.81. The number of halogens is 1. The van der Waals surface area contributed by atoms with Gasteiger partial charge in [0.15, 0.2) is 0 Å². The molecule has 0 aromatic carbocycles. The highest BCUT2D eigenvalue weighted by atomic mass is 79.9. The summed E-state index contributed by atoms with van der Waals surface area (Å²) in [4.78, 5) is 10.8. The Morgan fingerprint density at radius 3 is 2.87 bits per heavy atom. The number of rotatable bonds is 2. The quantitative estimate of drug-likeness (QED) is 0.883. The molecule has 0 bridgehead atoms. The van der Waals surface area contributed by atoms with Crippen LogP contribution < -0.4 is 10.6 Å². The molecule has 2 heterocycles. The van der Waals surface area contributed by atoms with Crippen LogP contribution >= 0.6 is 15.9 Å². The van der Waals surface area contributed by atoms with Gasteiger partial charge < -0.3 is 10.6 Å². The summed E-state index contributed by atoms with van der Waals surface area (Å²) in [5, 5.41) is 0. The van der Waals surface area contributed by atoms with Gasteiger partial charge in [0.2, 0.25) is 5.95 Å². The molecule has 1 aliphatic heterocycles. The third-order valence-corrected chi connectivity index (χ3v) is 3.15. The third kappa shape index (κ3) is 2.66. The molecule has 2 rings (SSSR count). The van der Waals surface area contributed by atoms with Gasteiger partial charge in [-0.05, 0) is 41.2 Å². The number of nitrogens with two attached hydrogens (primary N) is 1. The number of aromatic nitrogens is 2. The van der Waals surface area contributed by atoms with Gasteiger partial charge in [-0.2, -0.15) is 0 Å². The molecule has 0 spiro atoms. The van der Waals surface area contributed by atoms with Crippen LogP contribution in [0.4, 0.5) is 5.95 Å². The first-order valence-corrected chi connectivity index (χ1v) is 6.01. The zero-order chi connectivity index (χ0) is 10.7. The lowest BCUT2D eigenvalue weighted by Gasteiger charge is -2.31. The van der Waals surface area contributed by atoms with Crippen molar-refractivity contribution in [2.45, 2.75) is 12.8 Å². The Hall–Kier alpha value is -0.680. The van der Waals surface area contributed by atoms with E-state index in [1.54, 1.807) is 12.4 Å². The topological polar surface area (TPSA) is 55.0 Å². The molecule has 0 radical (unpaired) electrons. The first kappa shape index (κ1) is 10.8. The average Bonchev–Trinajstić information content (AvgIpc) is 2.30. The Kier molecular flexibility index (Phi) is 3.53. The van der Waals surface area contributed by atoms with Gasteiger partial charge in [0.25, 0.3) is 0 Å². The maximum Gasteiger partial charge on any atom is 0.225 e. The SMILES string of the molecule is NCC1CCCN(c2ncc(Br)cn2)C1. The number of piperidine rings is 1. The minimum atomic E-state index is 0.589. The van der Waals surface area contributed by atoms with Crippen molar-refractivity contribution in [2.24, 2.45) is 11.7 Å². The molecule has 1 atom stereocenters. The Morgan fingerprint density at radius 2 is 2.20 bits per heavy atom. The fraction of sp³-hybridized carbons (Fsp3) is 0.600. The second-order valence-electron chi connectivity index (χ2n) is 3.89. The van der Waals surface area contributed by atoms with Crippen molar-refractivity contribution < 1.29 is 0 Å². The molecule has 1 aromatic rings. The van der Waals surface area contributed by atoms with Gasteiger partial charge in [0.05, 0.1) is 4.47 Å². The van der Waals surface area contributed by atoms with Gasteiger partial charge in [0.1, 0.15) is 0 Å². The predicted molar refractivity (Wildman–Crippen MR) is 63.7 cm³/mol. The van der Waals surface area contributed by atoms with E-state index in [1.165, 1.54) is 12.8 Å². The monoisotopic (exact) mass is 270 g/mol. The molecule has 82 valence electrons. The zero-order valence-corrected chi connectivity index (χ0v) is 10.2. The van der Waals surface area contributed by atoms with Crippen LogP contribution in [-0.4, -0.2) is 29.6 Å². The first-order chi connectivity index (χ1) is 7.29. The number of hydrogen-bond acceptors (Lipinski definition) is 4. The van der Waals surface area contributed by atoms with Gasteiger partial charge in [-0.15, -0.1) is 0 Å². The molecule has 1 unspecified atom stereocenters. The Morgan fingerprint density at radius 1 is 1.47 bits per heavy atom. The number of anilines is 1. The van der Waals surface area contributed by atoms with E-state index in [2.05, 4.69) is 30.8 Å². The van der Waals surface area contributed by atoms with Crippen LogP contribution in [-0.2, 0) is 0 Å². The Labute approximate surface area is 98.0 Å². The van der Waals surface area contributed by atoms with Crippen molar-refractivity contribution >= 4 is 21.9 Å². The molecule has 0 aliphatic carbocycles. The lowest BCUT2D eigenvalue weighted by Crippen LogP contribution is -2.39.